The van der Waals surface area contributed by atoms with Crippen LogP contribution in [0.3, 0.4) is 0 Å². The van der Waals surface area contributed by atoms with Gasteiger partial charge in [0.25, 0.3) is 0 Å². The molecule has 0 radical (unpaired) electrons. The number of sulfone groups is 1. The Morgan fingerprint density at radius 1 is 1.48 bits per heavy atom. The van der Waals surface area contributed by atoms with Gasteiger partial charge in [0.2, 0.25) is 0 Å². The lowest BCUT2D eigenvalue weighted by atomic mass is 10.2. The van der Waals surface area contributed by atoms with E-state index in [1.165, 1.54) is 6.26 Å². The summed E-state index contributed by atoms with van der Waals surface area (Å²) in [6.45, 7) is 2.03. The smallest absolute Gasteiger partial charge is 0.148 e. The average Bonchev–Trinajstić information content (AvgIpc) is 2.41. The quantitative estimate of drug-likeness (QED) is 0.717. The van der Waals surface area contributed by atoms with E-state index in [4.69, 9.17) is 10.00 Å². The third-order valence-corrected chi connectivity index (χ3v) is 3.77. The summed E-state index contributed by atoms with van der Waals surface area (Å²) >= 11 is 0. The van der Waals surface area contributed by atoms with Crippen molar-refractivity contribution in [1.29, 1.82) is 5.26 Å². The first-order valence-electron chi connectivity index (χ1n) is 6.52. The fourth-order valence-electron chi connectivity index (χ4n) is 1.76. The molecule has 1 aromatic carbocycles. The van der Waals surface area contributed by atoms with E-state index in [-0.39, 0.29) is 24.9 Å². The predicted molar refractivity (Wildman–Crippen MR) is 79.8 cm³/mol. The van der Waals surface area contributed by atoms with Crippen LogP contribution >= 0.6 is 0 Å². The molecule has 21 heavy (non-hydrogen) atoms. The Balaban J connectivity index is 2.34. The summed E-state index contributed by atoms with van der Waals surface area (Å²) in [5.74, 6) is 0.530. The molecule has 0 aromatic heterocycles. The summed E-state index contributed by atoms with van der Waals surface area (Å²) in [4.78, 5) is 0. The number of benzene rings is 1. The van der Waals surface area contributed by atoms with Crippen LogP contribution in [0, 0.1) is 11.3 Å². The first kappa shape index (κ1) is 17.4. The van der Waals surface area contributed by atoms with Crippen molar-refractivity contribution in [3.05, 3.63) is 29.8 Å². The Kier molecular flexibility index (Phi) is 6.62. The van der Waals surface area contributed by atoms with Crippen LogP contribution in [-0.2, 0) is 9.84 Å². The molecule has 0 aliphatic carbocycles. The largest absolute Gasteiger partial charge is 0.491 e. The van der Waals surface area contributed by atoms with E-state index in [9.17, 15) is 13.5 Å². The van der Waals surface area contributed by atoms with Gasteiger partial charge in [-0.15, -0.1) is 0 Å². The molecule has 6 nitrogen and oxygen atoms in total. The van der Waals surface area contributed by atoms with Gasteiger partial charge in [-0.2, -0.15) is 5.26 Å². The molecule has 0 saturated carbocycles. The number of nitrogens with zero attached hydrogens (tertiary/aromatic N) is 1. The van der Waals surface area contributed by atoms with Crippen molar-refractivity contribution in [2.24, 2.45) is 0 Å². The van der Waals surface area contributed by atoms with Crippen molar-refractivity contribution in [1.82, 2.24) is 5.32 Å². The summed E-state index contributed by atoms with van der Waals surface area (Å²) in [5.41, 5.74) is 0.488. The van der Waals surface area contributed by atoms with Crippen molar-refractivity contribution >= 4 is 9.84 Å². The molecule has 0 fully saturated rings. The zero-order valence-corrected chi connectivity index (χ0v) is 12.9. The van der Waals surface area contributed by atoms with E-state index in [0.717, 1.165) is 0 Å². The highest BCUT2D eigenvalue weighted by Gasteiger charge is 2.12. The first-order valence-corrected chi connectivity index (χ1v) is 8.58. The normalized spacial score (nSPS) is 14.2. The number of aliphatic hydroxyl groups excluding tert-OH is 1. The van der Waals surface area contributed by atoms with Crippen molar-refractivity contribution < 1.29 is 18.3 Å². The van der Waals surface area contributed by atoms with Crippen LogP contribution in [0.25, 0.3) is 0 Å². The molecule has 0 aliphatic rings. The van der Waals surface area contributed by atoms with Crippen LogP contribution in [0.5, 0.6) is 5.75 Å². The summed E-state index contributed by atoms with van der Waals surface area (Å²) in [7, 11) is -3.04. The highest BCUT2D eigenvalue weighted by Crippen LogP contribution is 2.12. The molecule has 2 atom stereocenters. The second kappa shape index (κ2) is 7.98. The second-order valence-electron chi connectivity index (χ2n) is 5.01. The Hall–Kier alpha value is -1.62. The van der Waals surface area contributed by atoms with Crippen LogP contribution in [0.2, 0.25) is 0 Å². The van der Waals surface area contributed by atoms with Gasteiger partial charge in [-0.05, 0) is 25.1 Å². The molecule has 2 unspecified atom stereocenters. The average molecular weight is 312 g/mol. The van der Waals surface area contributed by atoms with E-state index in [2.05, 4.69) is 5.32 Å². The minimum Gasteiger partial charge on any atom is -0.491 e. The Labute approximate surface area is 125 Å². The molecule has 1 aromatic rings. The lowest BCUT2D eigenvalue weighted by molar-refractivity contribution is 0.105. The van der Waals surface area contributed by atoms with Crippen LogP contribution in [0.4, 0.5) is 0 Å². The molecule has 7 heteroatoms. The number of ether oxygens (including phenoxy) is 1. The van der Waals surface area contributed by atoms with Gasteiger partial charge in [-0.25, -0.2) is 8.42 Å². The highest BCUT2D eigenvalue weighted by molar-refractivity contribution is 7.90. The van der Waals surface area contributed by atoms with Crippen molar-refractivity contribution in [2.45, 2.75) is 19.1 Å². The maximum atomic E-state index is 11.1. The van der Waals surface area contributed by atoms with Gasteiger partial charge in [0.15, 0.2) is 0 Å². The fourth-order valence-corrected chi connectivity index (χ4v) is 2.78. The Bertz CT molecular complexity index is 595. The SMILES string of the molecule is CC(CS(C)(=O)=O)NCC(O)COc1cccc(C#N)c1. The summed E-state index contributed by atoms with van der Waals surface area (Å²) in [6.07, 6.45) is 0.408. The van der Waals surface area contributed by atoms with E-state index in [1.54, 1.807) is 31.2 Å². The van der Waals surface area contributed by atoms with Gasteiger partial charge in [0.1, 0.15) is 28.3 Å². The standard InChI is InChI=1S/C14H20N2O4S/c1-11(10-21(2,18)19)16-8-13(17)9-20-14-5-3-4-12(6-14)7-15/h3-6,11,13,16-17H,8-10H2,1-2H3. The van der Waals surface area contributed by atoms with E-state index in [0.29, 0.717) is 11.3 Å². The molecule has 0 amide bonds. The summed E-state index contributed by atoms with van der Waals surface area (Å²) in [5, 5.41) is 21.5. The van der Waals surface area contributed by atoms with Gasteiger partial charge in [0.05, 0.1) is 17.4 Å². The van der Waals surface area contributed by atoms with E-state index < -0.39 is 15.9 Å². The van der Waals surface area contributed by atoms with Gasteiger partial charge in [-0.1, -0.05) is 6.07 Å². The Morgan fingerprint density at radius 3 is 2.81 bits per heavy atom. The number of hydrogen-bond acceptors (Lipinski definition) is 6. The molecule has 1 rings (SSSR count). The van der Waals surface area contributed by atoms with Gasteiger partial charge < -0.3 is 15.2 Å². The van der Waals surface area contributed by atoms with Gasteiger partial charge in [0, 0.05) is 18.8 Å². The highest BCUT2D eigenvalue weighted by atomic mass is 32.2. The molecule has 0 spiro atoms. The lowest BCUT2D eigenvalue weighted by Crippen LogP contribution is -2.39. The van der Waals surface area contributed by atoms with Gasteiger partial charge in [-0.3, -0.25) is 0 Å². The number of aliphatic hydroxyl groups is 1. The number of nitriles is 1. The zero-order valence-electron chi connectivity index (χ0n) is 12.1. The molecule has 2 N–H and O–H groups in total. The van der Waals surface area contributed by atoms with Crippen LogP contribution in [-0.4, -0.2) is 50.8 Å². The second-order valence-corrected chi connectivity index (χ2v) is 7.19. The molecule has 0 aliphatic heterocycles. The number of hydrogen-bond donors (Lipinski definition) is 2. The monoisotopic (exact) mass is 312 g/mol. The minimum absolute atomic E-state index is 0.0186. The van der Waals surface area contributed by atoms with Crippen LogP contribution in [0.15, 0.2) is 24.3 Å². The van der Waals surface area contributed by atoms with Crippen LogP contribution < -0.4 is 10.1 Å². The topological polar surface area (TPSA) is 99.4 Å². The zero-order chi connectivity index (χ0) is 15.9. The Morgan fingerprint density at radius 2 is 2.19 bits per heavy atom. The number of rotatable bonds is 8. The van der Waals surface area contributed by atoms with Crippen molar-refractivity contribution in [3.63, 3.8) is 0 Å². The van der Waals surface area contributed by atoms with E-state index >= 15 is 0 Å². The first-order chi connectivity index (χ1) is 9.80. The van der Waals surface area contributed by atoms with Crippen molar-refractivity contribution in [2.75, 3.05) is 25.2 Å². The number of nitrogens with one attached hydrogen (secondary N) is 1. The molecule has 0 bridgehead atoms. The molecule has 0 heterocycles. The van der Waals surface area contributed by atoms with E-state index in [1.807, 2.05) is 6.07 Å². The lowest BCUT2D eigenvalue weighted by Gasteiger charge is -2.17. The van der Waals surface area contributed by atoms with Gasteiger partial charge >= 0.3 is 0 Å². The maximum absolute atomic E-state index is 11.1. The molecule has 0 saturated heterocycles. The minimum atomic E-state index is -3.04. The van der Waals surface area contributed by atoms with Crippen LogP contribution in [0.1, 0.15) is 12.5 Å². The summed E-state index contributed by atoms with van der Waals surface area (Å²) in [6, 6.07) is 8.42. The molecular weight excluding hydrogens is 292 g/mol. The molecular formula is C14H20N2O4S. The third-order valence-electron chi connectivity index (χ3n) is 2.66. The maximum Gasteiger partial charge on any atom is 0.148 e. The van der Waals surface area contributed by atoms with Crippen molar-refractivity contribution in [3.8, 4) is 11.8 Å². The molecule has 116 valence electrons. The predicted octanol–water partition coefficient (Wildman–Crippen LogP) is 0.321. The third kappa shape index (κ3) is 7.66. The fraction of sp³-hybridized carbons (Fsp3) is 0.500. The summed E-state index contributed by atoms with van der Waals surface area (Å²) < 4.78 is 27.6.